The van der Waals surface area contributed by atoms with Crippen LogP contribution in [0.15, 0.2) is 48.7 Å². The summed E-state index contributed by atoms with van der Waals surface area (Å²) < 4.78 is 1.78. The van der Waals surface area contributed by atoms with Crippen molar-refractivity contribution >= 4 is 39.8 Å². The van der Waals surface area contributed by atoms with Crippen molar-refractivity contribution in [3.63, 3.8) is 0 Å². The van der Waals surface area contributed by atoms with Gasteiger partial charge in [-0.15, -0.1) is 0 Å². The number of halogens is 1. The molecule has 1 N–H and O–H groups in total. The Bertz CT molecular complexity index is 949. The van der Waals surface area contributed by atoms with Crippen molar-refractivity contribution in [1.82, 2.24) is 4.57 Å². The molecule has 0 unspecified atom stereocenters. The van der Waals surface area contributed by atoms with Crippen LogP contribution in [0.4, 0.5) is 11.4 Å². The molecule has 2 aromatic carbocycles. The van der Waals surface area contributed by atoms with E-state index in [9.17, 15) is 14.9 Å². The number of rotatable bonds is 4. The second kappa shape index (κ2) is 6.33. The van der Waals surface area contributed by atoms with Crippen LogP contribution in [0.3, 0.4) is 0 Å². The topological polar surface area (TPSA) is 77.2 Å². The number of fused-ring (bicyclic) bond motifs is 1. The molecule has 6 nitrogen and oxygen atoms in total. The highest BCUT2D eigenvalue weighted by molar-refractivity contribution is 6.31. The minimum atomic E-state index is -0.466. The normalized spacial score (nSPS) is 10.8. The first-order chi connectivity index (χ1) is 11.4. The zero-order chi connectivity index (χ0) is 17.3. The molecule has 24 heavy (non-hydrogen) atoms. The molecular formula is C17H14ClN3O3. The fraction of sp³-hybridized carbons (Fsp3) is 0.118. The quantitative estimate of drug-likeness (QED) is 0.571. The van der Waals surface area contributed by atoms with Crippen molar-refractivity contribution in [2.24, 2.45) is 0 Å². The van der Waals surface area contributed by atoms with Gasteiger partial charge in [0.1, 0.15) is 6.54 Å². The van der Waals surface area contributed by atoms with Gasteiger partial charge in [-0.25, -0.2) is 0 Å². The maximum Gasteiger partial charge on any atom is 0.274 e. The van der Waals surface area contributed by atoms with Gasteiger partial charge in [0, 0.05) is 34.1 Å². The Morgan fingerprint density at radius 2 is 2.04 bits per heavy atom. The summed E-state index contributed by atoms with van der Waals surface area (Å²) in [5.41, 5.74) is 1.77. The van der Waals surface area contributed by atoms with Gasteiger partial charge in [0.15, 0.2) is 0 Å². The Kier molecular flexibility index (Phi) is 4.22. The first-order valence-electron chi connectivity index (χ1n) is 7.23. The Hall–Kier alpha value is -2.86. The molecule has 0 bridgehead atoms. The number of nitrogens with one attached hydrogen (secondary N) is 1. The molecule has 0 saturated heterocycles. The van der Waals surface area contributed by atoms with Crippen molar-refractivity contribution in [3.8, 4) is 0 Å². The van der Waals surface area contributed by atoms with Crippen molar-refractivity contribution < 1.29 is 9.72 Å². The number of aromatic nitrogens is 1. The first kappa shape index (κ1) is 16.0. The van der Waals surface area contributed by atoms with E-state index < -0.39 is 4.92 Å². The molecule has 0 spiro atoms. The summed E-state index contributed by atoms with van der Waals surface area (Å²) in [7, 11) is 0. The Balaban J connectivity index is 1.79. The van der Waals surface area contributed by atoms with Crippen LogP contribution >= 0.6 is 11.6 Å². The summed E-state index contributed by atoms with van der Waals surface area (Å²) in [4.78, 5) is 22.7. The van der Waals surface area contributed by atoms with E-state index in [1.54, 1.807) is 42.0 Å². The number of hydrogen-bond donors (Lipinski definition) is 1. The smallest absolute Gasteiger partial charge is 0.274 e. The van der Waals surface area contributed by atoms with E-state index in [1.807, 2.05) is 12.1 Å². The van der Waals surface area contributed by atoms with Crippen molar-refractivity contribution in [2.75, 3.05) is 5.32 Å². The molecule has 1 aromatic heterocycles. The van der Waals surface area contributed by atoms with E-state index in [2.05, 4.69) is 5.32 Å². The number of nitrogens with zero attached hydrogens (tertiary/aromatic N) is 2. The van der Waals surface area contributed by atoms with Crippen LogP contribution in [-0.4, -0.2) is 15.4 Å². The zero-order valence-corrected chi connectivity index (χ0v) is 13.6. The largest absolute Gasteiger partial charge is 0.338 e. The highest BCUT2D eigenvalue weighted by Gasteiger charge is 2.13. The summed E-state index contributed by atoms with van der Waals surface area (Å²) in [5, 5.41) is 15.2. The van der Waals surface area contributed by atoms with Crippen molar-refractivity contribution in [1.29, 1.82) is 0 Å². The summed E-state index contributed by atoms with van der Waals surface area (Å²) >= 11 is 6.00. The lowest BCUT2D eigenvalue weighted by Gasteiger charge is -2.08. The standard InChI is InChI=1S/C17H14ClN3O3/c1-11-2-5-14(9-15(11)21(23)24)19-17(22)10-20-7-6-12-3-4-13(18)8-16(12)20/h2-9H,10H2,1H3,(H,19,22). The fourth-order valence-corrected chi connectivity index (χ4v) is 2.70. The molecule has 1 amide bonds. The predicted octanol–water partition coefficient (Wildman–Crippen LogP) is 4.15. The number of carbonyl (C=O) groups is 1. The molecule has 1 heterocycles. The van der Waals surface area contributed by atoms with Crippen LogP contribution in [0, 0.1) is 17.0 Å². The third-order valence-electron chi connectivity index (χ3n) is 3.74. The number of benzene rings is 2. The van der Waals surface area contributed by atoms with E-state index in [0.29, 0.717) is 16.3 Å². The first-order valence-corrected chi connectivity index (χ1v) is 7.61. The minimum absolute atomic E-state index is 0.0222. The third-order valence-corrected chi connectivity index (χ3v) is 3.97. The molecule has 122 valence electrons. The monoisotopic (exact) mass is 343 g/mol. The van der Waals surface area contributed by atoms with E-state index in [0.717, 1.165) is 10.9 Å². The lowest BCUT2D eigenvalue weighted by molar-refractivity contribution is -0.385. The Morgan fingerprint density at radius 1 is 1.25 bits per heavy atom. The Morgan fingerprint density at radius 3 is 2.79 bits per heavy atom. The Labute approximate surface area is 142 Å². The SMILES string of the molecule is Cc1ccc(NC(=O)Cn2ccc3ccc(Cl)cc32)cc1[N+](=O)[O-]. The summed E-state index contributed by atoms with van der Waals surface area (Å²) in [5.74, 6) is -0.273. The molecule has 3 rings (SSSR count). The second-order valence-corrected chi connectivity index (χ2v) is 5.89. The van der Waals surface area contributed by atoms with E-state index in [4.69, 9.17) is 11.6 Å². The molecule has 0 aliphatic carbocycles. The third kappa shape index (κ3) is 3.23. The maximum atomic E-state index is 12.2. The molecule has 0 radical (unpaired) electrons. The van der Waals surface area contributed by atoms with Crippen molar-refractivity contribution in [3.05, 3.63) is 69.4 Å². The number of nitro benzene ring substituents is 1. The number of hydrogen-bond acceptors (Lipinski definition) is 3. The average molecular weight is 344 g/mol. The zero-order valence-electron chi connectivity index (χ0n) is 12.8. The van der Waals surface area contributed by atoms with Gasteiger partial charge in [0.05, 0.1) is 4.92 Å². The summed E-state index contributed by atoms with van der Waals surface area (Å²) in [6.45, 7) is 1.74. The van der Waals surface area contributed by atoms with Gasteiger partial charge in [-0.2, -0.15) is 0 Å². The molecular weight excluding hydrogens is 330 g/mol. The molecule has 0 atom stereocenters. The molecule has 0 aliphatic heterocycles. The van der Waals surface area contributed by atoms with E-state index in [-0.39, 0.29) is 18.1 Å². The van der Waals surface area contributed by atoms with Gasteiger partial charge in [-0.05, 0) is 36.6 Å². The maximum absolute atomic E-state index is 12.2. The highest BCUT2D eigenvalue weighted by atomic mass is 35.5. The van der Waals surface area contributed by atoms with Gasteiger partial charge in [0.25, 0.3) is 5.69 Å². The van der Waals surface area contributed by atoms with Gasteiger partial charge >= 0.3 is 0 Å². The summed E-state index contributed by atoms with van der Waals surface area (Å²) in [6, 6.07) is 12.0. The number of carbonyl (C=O) groups excluding carboxylic acids is 1. The fourth-order valence-electron chi connectivity index (χ4n) is 2.53. The number of nitro groups is 1. The van der Waals surface area contributed by atoms with Crippen LogP contribution in [0.1, 0.15) is 5.56 Å². The van der Waals surface area contributed by atoms with E-state index in [1.165, 1.54) is 6.07 Å². The lowest BCUT2D eigenvalue weighted by Crippen LogP contribution is -2.18. The number of anilines is 1. The molecule has 7 heteroatoms. The van der Waals surface area contributed by atoms with Gasteiger partial charge in [0.2, 0.25) is 5.91 Å². The summed E-state index contributed by atoms with van der Waals surface area (Å²) in [6.07, 6.45) is 1.80. The molecule has 0 fully saturated rings. The van der Waals surface area contributed by atoms with Crippen molar-refractivity contribution in [2.45, 2.75) is 13.5 Å². The van der Waals surface area contributed by atoms with Crippen LogP contribution < -0.4 is 5.32 Å². The van der Waals surface area contributed by atoms with Gasteiger partial charge in [-0.1, -0.05) is 23.7 Å². The lowest BCUT2D eigenvalue weighted by atomic mass is 10.2. The van der Waals surface area contributed by atoms with E-state index >= 15 is 0 Å². The molecule has 0 saturated carbocycles. The van der Waals surface area contributed by atoms with Crippen LogP contribution in [-0.2, 0) is 11.3 Å². The highest BCUT2D eigenvalue weighted by Crippen LogP contribution is 2.23. The van der Waals surface area contributed by atoms with Gasteiger partial charge < -0.3 is 9.88 Å². The number of aryl methyl sites for hydroxylation is 1. The molecule has 3 aromatic rings. The van der Waals surface area contributed by atoms with Crippen LogP contribution in [0.25, 0.3) is 10.9 Å². The average Bonchev–Trinajstić information content (AvgIpc) is 2.91. The van der Waals surface area contributed by atoms with Crippen LogP contribution in [0.5, 0.6) is 0 Å². The minimum Gasteiger partial charge on any atom is -0.338 e. The molecule has 0 aliphatic rings. The van der Waals surface area contributed by atoms with Crippen LogP contribution in [0.2, 0.25) is 5.02 Å². The predicted molar refractivity (Wildman–Crippen MR) is 93.4 cm³/mol. The number of amides is 1. The second-order valence-electron chi connectivity index (χ2n) is 5.45. The van der Waals surface area contributed by atoms with Gasteiger partial charge in [-0.3, -0.25) is 14.9 Å².